The maximum absolute atomic E-state index is 13.1. The molecule has 3 nitrogen and oxygen atoms in total. The maximum Gasteiger partial charge on any atom is 0.343 e. The second-order valence-electron chi connectivity index (χ2n) is 3.50. The Bertz CT molecular complexity index is 419. The summed E-state index contributed by atoms with van der Waals surface area (Å²) < 4.78 is 26.3. The van der Waals surface area contributed by atoms with Gasteiger partial charge in [0.1, 0.15) is 5.69 Å². The van der Waals surface area contributed by atoms with E-state index in [-0.39, 0.29) is 11.3 Å². The van der Waals surface area contributed by atoms with Crippen molar-refractivity contribution in [2.24, 2.45) is 0 Å². The lowest BCUT2D eigenvalue weighted by Gasteiger charge is -2.14. The fraction of sp³-hybridized carbons (Fsp3) is 0.455. The second kappa shape index (κ2) is 5.08. The molecule has 6 heteroatoms. The van der Waals surface area contributed by atoms with Gasteiger partial charge in [0.15, 0.2) is 0 Å². The minimum Gasteiger partial charge on any atom is -0.478 e. The molecule has 0 aromatic carbocycles. The number of aromatic nitrogens is 1. The number of pyridine rings is 1. The number of carboxylic acids is 1. The van der Waals surface area contributed by atoms with Gasteiger partial charge < -0.3 is 5.11 Å². The molecular formula is C11H12BrF2NO2. The quantitative estimate of drug-likeness (QED) is 0.868. The molecule has 0 amide bonds. The molecule has 0 atom stereocenters. The van der Waals surface area contributed by atoms with Gasteiger partial charge >= 0.3 is 10.8 Å². The number of carbonyl (C=O) groups is 1. The first-order chi connectivity index (χ1) is 7.81. The van der Waals surface area contributed by atoms with Gasteiger partial charge in [-0.1, -0.05) is 13.8 Å². The van der Waals surface area contributed by atoms with E-state index < -0.39 is 16.5 Å². The summed E-state index contributed by atoms with van der Waals surface area (Å²) in [7, 11) is 0. The molecule has 1 aromatic rings. The second-order valence-corrected chi connectivity index (χ2v) is 4.49. The predicted octanol–water partition coefficient (Wildman–Crippen LogP) is 3.35. The Balaban J connectivity index is 3.50. The zero-order valence-corrected chi connectivity index (χ0v) is 11.0. The van der Waals surface area contributed by atoms with Crippen molar-refractivity contribution in [2.75, 3.05) is 0 Å². The fourth-order valence-corrected chi connectivity index (χ4v) is 1.80. The summed E-state index contributed by atoms with van der Waals surface area (Å²) in [6.07, 6.45) is 0.665. The van der Waals surface area contributed by atoms with Crippen molar-refractivity contribution in [3.63, 3.8) is 0 Å². The molecule has 0 unspecified atom stereocenters. The molecule has 94 valence electrons. The van der Waals surface area contributed by atoms with Crippen molar-refractivity contribution in [1.82, 2.24) is 4.98 Å². The molecule has 0 aliphatic heterocycles. The molecule has 1 rings (SSSR count). The lowest BCUT2D eigenvalue weighted by atomic mass is 10.0. The van der Waals surface area contributed by atoms with Crippen LogP contribution >= 0.6 is 15.9 Å². The molecule has 0 fully saturated rings. The van der Waals surface area contributed by atoms with E-state index in [0.29, 0.717) is 18.4 Å². The molecule has 17 heavy (non-hydrogen) atoms. The van der Waals surface area contributed by atoms with Crippen molar-refractivity contribution in [1.29, 1.82) is 0 Å². The normalized spacial score (nSPS) is 11.6. The molecule has 0 radical (unpaired) electrons. The van der Waals surface area contributed by atoms with Gasteiger partial charge in [0.05, 0.1) is 11.3 Å². The molecule has 0 saturated carbocycles. The summed E-state index contributed by atoms with van der Waals surface area (Å²) in [6, 6.07) is 1.14. The minimum absolute atomic E-state index is 0.0375. The molecule has 0 aliphatic rings. The zero-order valence-electron chi connectivity index (χ0n) is 9.43. The number of halogens is 3. The van der Waals surface area contributed by atoms with Crippen LogP contribution < -0.4 is 0 Å². The summed E-state index contributed by atoms with van der Waals surface area (Å²) in [5, 5.41) is 9.06. The smallest absolute Gasteiger partial charge is 0.343 e. The van der Waals surface area contributed by atoms with Crippen molar-refractivity contribution in [3.8, 4) is 0 Å². The molecule has 0 saturated heterocycles. The molecule has 0 bridgehead atoms. The Morgan fingerprint density at radius 3 is 2.41 bits per heavy atom. The van der Waals surface area contributed by atoms with Crippen LogP contribution in [0.25, 0.3) is 0 Å². The summed E-state index contributed by atoms with van der Waals surface area (Å²) in [5.41, 5.74) is 0.149. The van der Waals surface area contributed by atoms with Gasteiger partial charge in [-0.3, -0.25) is 0 Å². The van der Waals surface area contributed by atoms with Crippen LogP contribution in [0.2, 0.25) is 0 Å². The SMILES string of the molecule is CCc1cc(C(F)(F)Br)nc(CC)c1C(=O)O. The van der Waals surface area contributed by atoms with Gasteiger partial charge in [-0.15, -0.1) is 0 Å². The number of hydrogen-bond donors (Lipinski definition) is 1. The summed E-state index contributed by atoms with van der Waals surface area (Å²) >= 11 is 2.23. The molecule has 0 spiro atoms. The highest BCUT2D eigenvalue weighted by Crippen LogP contribution is 2.34. The van der Waals surface area contributed by atoms with Crippen LogP contribution in [0.5, 0.6) is 0 Å². The monoisotopic (exact) mass is 307 g/mol. The van der Waals surface area contributed by atoms with Gasteiger partial charge in [0.2, 0.25) is 0 Å². The standard InChI is InChI=1S/C11H12BrF2NO2/c1-3-6-5-8(11(12,13)14)15-7(4-2)9(6)10(16)17/h5H,3-4H2,1-2H3,(H,16,17). The maximum atomic E-state index is 13.1. The topological polar surface area (TPSA) is 50.2 Å². The van der Waals surface area contributed by atoms with E-state index in [4.69, 9.17) is 5.11 Å². The third-order valence-electron chi connectivity index (χ3n) is 2.40. The first kappa shape index (κ1) is 14.0. The van der Waals surface area contributed by atoms with Gasteiger partial charge in [-0.2, -0.15) is 8.78 Å². The van der Waals surface area contributed by atoms with E-state index in [1.54, 1.807) is 13.8 Å². The average Bonchev–Trinajstić information content (AvgIpc) is 2.25. The number of nitrogens with zero attached hydrogens (tertiary/aromatic N) is 1. The van der Waals surface area contributed by atoms with Crippen LogP contribution in [0.1, 0.15) is 41.2 Å². The number of hydrogen-bond acceptors (Lipinski definition) is 2. The van der Waals surface area contributed by atoms with Crippen LogP contribution in [0.3, 0.4) is 0 Å². The summed E-state index contributed by atoms with van der Waals surface area (Å²) in [6.45, 7) is 3.40. The van der Waals surface area contributed by atoms with E-state index >= 15 is 0 Å². The predicted molar refractivity (Wildman–Crippen MR) is 62.8 cm³/mol. The van der Waals surface area contributed by atoms with E-state index in [0.717, 1.165) is 6.07 Å². The summed E-state index contributed by atoms with van der Waals surface area (Å²) in [5.74, 6) is -1.13. The number of aryl methyl sites for hydroxylation is 2. The fourth-order valence-electron chi connectivity index (χ4n) is 1.60. The first-order valence-corrected chi connectivity index (χ1v) is 5.93. The Hall–Kier alpha value is -1.04. The first-order valence-electron chi connectivity index (χ1n) is 5.14. The average molecular weight is 308 g/mol. The minimum atomic E-state index is -3.24. The van der Waals surface area contributed by atoms with Crippen molar-refractivity contribution in [3.05, 3.63) is 28.6 Å². The van der Waals surface area contributed by atoms with E-state index in [1.807, 2.05) is 0 Å². The Kier molecular flexibility index (Phi) is 4.19. The molecule has 0 aliphatic carbocycles. The number of carboxylic acid groups (broad SMARTS) is 1. The van der Waals surface area contributed by atoms with Crippen molar-refractivity contribution < 1.29 is 18.7 Å². The largest absolute Gasteiger partial charge is 0.478 e. The van der Waals surface area contributed by atoms with Gasteiger partial charge in [0, 0.05) is 0 Å². The van der Waals surface area contributed by atoms with E-state index in [1.165, 1.54) is 0 Å². The molecule has 1 aromatic heterocycles. The van der Waals surface area contributed by atoms with Crippen LogP contribution in [0.4, 0.5) is 8.78 Å². The number of rotatable bonds is 4. The number of aromatic carboxylic acids is 1. The van der Waals surface area contributed by atoms with Crippen LogP contribution in [0, 0.1) is 0 Å². The Morgan fingerprint density at radius 2 is 2.06 bits per heavy atom. The Morgan fingerprint density at radius 1 is 1.47 bits per heavy atom. The lowest BCUT2D eigenvalue weighted by Crippen LogP contribution is -2.15. The van der Waals surface area contributed by atoms with Crippen LogP contribution in [-0.4, -0.2) is 16.1 Å². The Labute approximate surface area is 106 Å². The lowest BCUT2D eigenvalue weighted by molar-refractivity contribution is 0.0692. The van der Waals surface area contributed by atoms with Gasteiger partial charge in [-0.25, -0.2) is 9.78 Å². The van der Waals surface area contributed by atoms with Gasteiger partial charge in [-0.05, 0) is 40.4 Å². The highest BCUT2D eigenvalue weighted by Gasteiger charge is 2.31. The van der Waals surface area contributed by atoms with Crippen molar-refractivity contribution >= 4 is 21.9 Å². The van der Waals surface area contributed by atoms with E-state index in [9.17, 15) is 13.6 Å². The van der Waals surface area contributed by atoms with Crippen LogP contribution in [0.15, 0.2) is 6.07 Å². The van der Waals surface area contributed by atoms with Gasteiger partial charge in [0.25, 0.3) is 0 Å². The third-order valence-corrected chi connectivity index (χ3v) is 2.80. The molecule has 1 N–H and O–H groups in total. The van der Waals surface area contributed by atoms with E-state index in [2.05, 4.69) is 20.9 Å². The van der Waals surface area contributed by atoms with Crippen molar-refractivity contribution in [2.45, 2.75) is 31.5 Å². The number of alkyl halides is 3. The third kappa shape index (κ3) is 3.00. The molecular weight excluding hydrogens is 296 g/mol. The van der Waals surface area contributed by atoms with Crippen LogP contribution in [-0.2, 0) is 17.7 Å². The highest BCUT2D eigenvalue weighted by molar-refractivity contribution is 9.09. The molecule has 1 heterocycles. The zero-order chi connectivity index (χ0) is 13.2. The summed E-state index contributed by atoms with van der Waals surface area (Å²) in [4.78, 5) is 11.6. The highest BCUT2D eigenvalue weighted by atomic mass is 79.9.